The van der Waals surface area contributed by atoms with Gasteiger partial charge in [-0.2, -0.15) is 13.2 Å². The van der Waals surface area contributed by atoms with Crippen LogP contribution < -0.4 is 10.2 Å². The molecular weight excluding hydrogens is 467 g/mol. The number of halogens is 4. The first-order valence-electron chi connectivity index (χ1n) is 9.09. The molecule has 0 saturated heterocycles. The number of hydrogen-bond donors (Lipinski definition) is 0. The van der Waals surface area contributed by atoms with E-state index in [0.29, 0.717) is 28.9 Å². The van der Waals surface area contributed by atoms with Gasteiger partial charge in [-0.3, -0.25) is 9.69 Å². The van der Waals surface area contributed by atoms with Crippen LogP contribution in [0.25, 0.3) is 22.1 Å². The molecule has 3 aromatic rings. The van der Waals surface area contributed by atoms with E-state index in [9.17, 15) is 18.0 Å². The summed E-state index contributed by atoms with van der Waals surface area (Å²) >= 11 is 3.25. The van der Waals surface area contributed by atoms with Crippen molar-refractivity contribution in [3.63, 3.8) is 0 Å². The average Bonchev–Trinajstić information content (AvgIpc) is 2.72. The zero-order valence-corrected chi connectivity index (χ0v) is 17.5. The minimum Gasteiger partial charge on any atom is -0.478 e. The van der Waals surface area contributed by atoms with Crippen molar-refractivity contribution in [2.45, 2.75) is 12.7 Å². The second kappa shape index (κ2) is 8.05. The Morgan fingerprint density at radius 1 is 1.17 bits per heavy atom. The molecule has 0 fully saturated rings. The number of rotatable bonds is 4. The van der Waals surface area contributed by atoms with Gasteiger partial charge < -0.3 is 13.9 Å². The van der Waals surface area contributed by atoms with Gasteiger partial charge in [-0.05, 0) is 29.8 Å². The van der Waals surface area contributed by atoms with Gasteiger partial charge in [0.1, 0.15) is 18.1 Å². The Balaban J connectivity index is 1.94. The zero-order valence-electron chi connectivity index (χ0n) is 15.9. The molecule has 0 saturated carbocycles. The van der Waals surface area contributed by atoms with Crippen LogP contribution in [0.2, 0.25) is 0 Å². The topological polar surface area (TPSA) is 51.9 Å². The van der Waals surface area contributed by atoms with Crippen LogP contribution in [0.5, 0.6) is 5.75 Å². The fourth-order valence-electron chi connectivity index (χ4n) is 3.45. The second-order valence-electron chi connectivity index (χ2n) is 6.88. The monoisotopic (exact) mass is 483 g/mol. The number of nitrogens with zero attached hydrogens (tertiary/aromatic N) is 1. The SMILES string of the molecule is COCCN1COc2ccc3c(=O)c(-c4ccc(Br)cc4)c(C(F)(F)F)oc3c2C1. The summed E-state index contributed by atoms with van der Waals surface area (Å²) in [5.74, 6) is -0.909. The molecule has 0 atom stereocenters. The smallest absolute Gasteiger partial charge is 0.450 e. The van der Waals surface area contributed by atoms with Gasteiger partial charge in [-0.1, -0.05) is 28.1 Å². The number of ether oxygens (including phenoxy) is 2. The summed E-state index contributed by atoms with van der Waals surface area (Å²) in [5.41, 5.74) is -0.789. The van der Waals surface area contributed by atoms with Crippen molar-refractivity contribution in [2.75, 3.05) is 27.0 Å². The van der Waals surface area contributed by atoms with Gasteiger partial charge in [0.25, 0.3) is 0 Å². The number of benzene rings is 2. The van der Waals surface area contributed by atoms with Crippen molar-refractivity contribution < 1.29 is 27.1 Å². The van der Waals surface area contributed by atoms with Gasteiger partial charge in [0, 0.05) is 24.7 Å². The standard InChI is InChI=1S/C21H17BrF3NO4/c1-28-9-8-26-10-15-16(29-11-26)7-6-14-18(27)17(12-2-4-13(22)5-3-12)20(21(23,24)25)30-19(14)15/h2-7H,8-11H2,1H3. The molecule has 0 bridgehead atoms. The lowest BCUT2D eigenvalue weighted by molar-refractivity contribution is -0.152. The maximum atomic E-state index is 13.9. The van der Waals surface area contributed by atoms with E-state index in [0.717, 1.165) is 0 Å². The van der Waals surface area contributed by atoms with Gasteiger partial charge in [-0.15, -0.1) is 0 Å². The van der Waals surface area contributed by atoms with Crippen molar-refractivity contribution in [1.82, 2.24) is 4.90 Å². The van der Waals surface area contributed by atoms with E-state index in [-0.39, 0.29) is 29.8 Å². The van der Waals surface area contributed by atoms with Crippen molar-refractivity contribution >= 4 is 26.9 Å². The highest BCUT2D eigenvalue weighted by Gasteiger charge is 2.40. The quantitative estimate of drug-likeness (QED) is 0.520. The van der Waals surface area contributed by atoms with E-state index in [1.165, 1.54) is 18.2 Å². The summed E-state index contributed by atoms with van der Waals surface area (Å²) in [7, 11) is 1.56. The minimum atomic E-state index is -4.84. The molecule has 1 aliphatic heterocycles. The summed E-state index contributed by atoms with van der Waals surface area (Å²) in [6, 6.07) is 9.10. The third kappa shape index (κ3) is 3.84. The van der Waals surface area contributed by atoms with Crippen LogP contribution in [0.15, 0.2) is 50.1 Å². The van der Waals surface area contributed by atoms with E-state index in [1.807, 2.05) is 4.90 Å². The number of methoxy groups -OCH3 is 1. The van der Waals surface area contributed by atoms with E-state index >= 15 is 0 Å². The van der Waals surface area contributed by atoms with Crippen LogP contribution in [0.4, 0.5) is 13.2 Å². The maximum absolute atomic E-state index is 13.9. The predicted octanol–water partition coefficient (Wildman–Crippen LogP) is 5.04. The lowest BCUT2D eigenvalue weighted by Crippen LogP contribution is -2.34. The summed E-state index contributed by atoms with van der Waals surface area (Å²) < 4.78 is 58.5. The number of fused-ring (bicyclic) bond motifs is 3. The van der Waals surface area contributed by atoms with Crippen LogP contribution in [0.1, 0.15) is 11.3 Å². The molecule has 2 heterocycles. The van der Waals surface area contributed by atoms with Crippen LogP contribution in [-0.2, 0) is 17.5 Å². The van der Waals surface area contributed by atoms with Crippen molar-refractivity contribution in [3.05, 3.63) is 62.4 Å². The van der Waals surface area contributed by atoms with Crippen LogP contribution in [0.3, 0.4) is 0 Å². The van der Waals surface area contributed by atoms with E-state index < -0.39 is 22.9 Å². The fraction of sp³-hybridized carbons (Fsp3) is 0.286. The minimum absolute atomic E-state index is 0.0804. The first kappa shape index (κ1) is 20.9. The Labute approximate surface area is 178 Å². The molecular formula is C21H17BrF3NO4. The van der Waals surface area contributed by atoms with Gasteiger partial charge in [0.2, 0.25) is 11.2 Å². The molecule has 1 aliphatic rings. The molecule has 0 radical (unpaired) electrons. The highest BCUT2D eigenvalue weighted by molar-refractivity contribution is 9.10. The molecule has 0 unspecified atom stereocenters. The molecule has 5 nitrogen and oxygen atoms in total. The number of hydrogen-bond acceptors (Lipinski definition) is 5. The highest BCUT2D eigenvalue weighted by atomic mass is 79.9. The van der Waals surface area contributed by atoms with Gasteiger partial charge in [0.05, 0.1) is 23.1 Å². The van der Waals surface area contributed by atoms with Gasteiger partial charge in [0.15, 0.2) is 0 Å². The maximum Gasteiger partial charge on any atom is 0.450 e. The molecule has 0 N–H and O–H groups in total. The van der Waals surface area contributed by atoms with Crippen LogP contribution in [-0.4, -0.2) is 31.9 Å². The molecule has 30 heavy (non-hydrogen) atoms. The Hall–Kier alpha value is -2.36. The zero-order chi connectivity index (χ0) is 21.5. The molecule has 0 spiro atoms. The van der Waals surface area contributed by atoms with E-state index in [2.05, 4.69) is 15.9 Å². The average molecular weight is 484 g/mol. The highest BCUT2D eigenvalue weighted by Crippen LogP contribution is 2.40. The Morgan fingerprint density at radius 2 is 1.90 bits per heavy atom. The Morgan fingerprint density at radius 3 is 2.57 bits per heavy atom. The third-order valence-corrected chi connectivity index (χ3v) is 5.44. The lowest BCUT2D eigenvalue weighted by Gasteiger charge is -2.29. The molecule has 4 rings (SSSR count). The van der Waals surface area contributed by atoms with Crippen LogP contribution >= 0.6 is 15.9 Å². The first-order chi connectivity index (χ1) is 14.3. The molecule has 9 heteroatoms. The first-order valence-corrected chi connectivity index (χ1v) is 9.89. The molecule has 1 aromatic heterocycles. The number of alkyl halides is 3. The summed E-state index contributed by atoms with van der Waals surface area (Å²) in [6.07, 6.45) is -4.84. The van der Waals surface area contributed by atoms with Crippen molar-refractivity contribution in [1.29, 1.82) is 0 Å². The largest absolute Gasteiger partial charge is 0.478 e. The van der Waals surface area contributed by atoms with E-state index in [1.54, 1.807) is 25.3 Å². The van der Waals surface area contributed by atoms with Crippen molar-refractivity contribution in [2.24, 2.45) is 0 Å². The van der Waals surface area contributed by atoms with E-state index in [4.69, 9.17) is 13.9 Å². The van der Waals surface area contributed by atoms with Crippen molar-refractivity contribution in [3.8, 4) is 16.9 Å². The summed E-state index contributed by atoms with van der Waals surface area (Å²) in [6.45, 7) is 1.53. The molecule has 0 amide bonds. The molecule has 0 aliphatic carbocycles. The van der Waals surface area contributed by atoms with Gasteiger partial charge >= 0.3 is 6.18 Å². The van der Waals surface area contributed by atoms with Crippen LogP contribution in [0, 0.1) is 0 Å². The summed E-state index contributed by atoms with van der Waals surface area (Å²) in [4.78, 5) is 15.0. The lowest BCUT2D eigenvalue weighted by atomic mass is 10.00. The Bertz CT molecular complexity index is 1140. The summed E-state index contributed by atoms with van der Waals surface area (Å²) in [5, 5.41) is 0.0804. The Kier molecular flexibility index (Phi) is 5.61. The predicted molar refractivity (Wildman–Crippen MR) is 108 cm³/mol. The molecule has 158 valence electrons. The molecule has 2 aromatic carbocycles. The fourth-order valence-corrected chi connectivity index (χ4v) is 3.72. The normalized spacial score (nSPS) is 14.6. The third-order valence-electron chi connectivity index (χ3n) is 4.91. The second-order valence-corrected chi connectivity index (χ2v) is 7.79. The van der Waals surface area contributed by atoms with Gasteiger partial charge in [-0.25, -0.2) is 0 Å².